The number of nitrogens with two attached hydrogens (primary N) is 2. The summed E-state index contributed by atoms with van der Waals surface area (Å²) >= 11 is 5.70. The minimum Gasteiger partial charge on any atom is -0.494 e. The van der Waals surface area contributed by atoms with Gasteiger partial charge in [-0.1, -0.05) is 23.7 Å². The van der Waals surface area contributed by atoms with Gasteiger partial charge in [0.05, 0.1) is 27.4 Å². The Morgan fingerprint density at radius 3 is 1.77 bits per heavy atom. The van der Waals surface area contributed by atoms with E-state index < -0.39 is 11.6 Å². The zero-order valence-electron chi connectivity index (χ0n) is 21.5. The topological polar surface area (TPSA) is 109 Å². The van der Waals surface area contributed by atoms with Crippen LogP contribution < -0.4 is 25.8 Å². The Morgan fingerprint density at radius 2 is 1.31 bits per heavy atom. The molecule has 4 aromatic rings. The second kappa shape index (κ2) is 12.6. The maximum atomic E-state index is 13.8. The average Bonchev–Trinajstić information content (AvgIpc) is 2.94. The van der Waals surface area contributed by atoms with Gasteiger partial charge in [0, 0.05) is 54.1 Å². The van der Waals surface area contributed by atoms with Crippen LogP contribution in [0.1, 0.15) is 0 Å². The highest BCUT2D eigenvalue weighted by molar-refractivity contribution is 6.29. The van der Waals surface area contributed by atoms with E-state index in [1.807, 2.05) is 6.07 Å². The maximum Gasteiger partial charge on any atom is 0.165 e. The normalized spacial score (nSPS) is 12.9. The van der Waals surface area contributed by atoms with Gasteiger partial charge in [-0.15, -0.1) is 0 Å². The lowest BCUT2D eigenvalue weighted by Gasteiger charge is -2.28. The summed E-state index contributed by atoms with van der Waals surface area (Å²) in [6, 6.07) is 12.7. The van der Waals surface area contributed by atoms with Gasteiger partial charge in [-0.05, 0) is 41.5 Å². The number of nitrogen functional groups attached to an aromatic ring is 2. The highest BCUT2D eigenvalue weighted by Gasteiger charge is 2.15. The number of benzene rings is 2. The largest absolute Gasteiger partial charge is 0.494 e. The molecule has 5 rings (SSSR count). The van der Waals surface area contributed by atoms with Gasteiger partial charge in [0.25, 0.3) is 0 Å². The zero-order chi connectivity index (χ0) is 27.9. The molecule has 0 spiro atoms. The van der Waals surface area contributed by atoms with Gasteiger partial charge >= 0.3 is 0 Å². The van der Waals surface area contributed by atoms with Crippen molar-refractivity contribution in [2.24, 2.45) is 0 Å². The van der Waals surface area contributed by atoms with E-state index in [9.17, 15) is 8.78 Å². The fourth-order valence-corrected chi connectivity index (χ4v) is 4.19. The fourth-order valence-electron chi connectivity index (χ4n) is 4.02. The van der Waals surface area contributed by atoms with Crippen LogP contribution in [0.2, 0.25) is 5.15 Å². The number of morpholine rings is 1. The van der Waals surface area contributed by atoms with Crippen molar-refractivity contribution >= 4 is 28.8 Å². The van der Waals surface area contributed by atoms with Crippen LogP contribution in [-0.4, -0.2) is 50.5 Å². The van der Waals surface area contributed by atoms with E-state index in [1.54, 1.807) is 30.5 Å². The minimum atomic E-state index is -0.445. The molecule has 2 aromatic heterocycles. The molecule has 0 saturated carbocycles. The maximum absolute atomic E-state index is 13.8. The molecule has 0 amide bonds. The van der Waals surface area contributed by atoms with Gasteiger partial charge in [-0.25, -0.2) is 18.7 Å². The Balaban J connectivity index is 0.000000187. The molecule has 1 aliphatic rings. The summed E-state index contributed by atoms with van der Waals surface area (Å²) in [6.07, 6.45) is 3.19. The van der Waals surface area contributed by atoms with Crippen LogP contribution >= 0.6 is 11.6 Å². The summed E-state index contributed by atoms with van der Waals surface area (Å²) in [6.45, 7) is 2.96. The van der Waals surface area contributed by atoms with E-state index in [2.05, 4.69) is 14.9 Å². The van der Waals surface area contributed by atoms with Crippen molar-refractivity contribution in [3.63, 3.8) is 0 Å². The SMILES string of the molecule is COc1ccc(-c2cnc(Cl)cc2N)cc1F.COc1ccc(-c2cnc(N3CCOCC3)cc2N)cc1F. The van der Waals surface area contributed by atoms with Gasteiger partial charge in [0.2, 0.25) is 0 Å². The Hall–Kier alpha value is -4.15. The third kappa shape index (κ3) is 6.65. The number of halogens is 3. The number of anilines is 3. The molecule has 204 valence electrons. The van der Waals surface area contributed by atoms with Crippen LogP contribution in [0, 0.1) is 11.6 Å². The average molecular weight is 556 g/mol. The molecule has 3 heterocycles. The summed E-state index contributed by atoms with van der Waals surface area (Å²) in [5.74, 6) is 0.351. The molecule has 0 bridgehead atoms. The molecule has 0 atom stereocenters. The third-order valence-corrected chi connectivity index (χ3v) is 6.29. The lowest BCUT2D eigenvalue weighted by molar-refractivity contribution is 0.122. The highest BCUT2D eigenvalue weighted by Crippen LogP contribution is 2.32. The Morgan fingerprint density at radius 1 is 0.795 bits per heavy atom. The van der Waals surface area contributed by atoms with Crippen LogP contribution in [0.4, 0.5) is 26.0 Å². The van der Waals surface area contributed by atoms with Crippen molar-refractivity contribution in [1.82, 2.24) is 9.97 Å². The summed E-state index contributed by atoms with van der Waals surface area (Å²) < 4.78 is 42.5. The summed E-state index contributed by atoms with van der Waals surface area (Å²) in [4.78, 5) is 10.5. The first kappa shape index (κ1) is 27.9. The Kier molecular flexibility index (Phi) is 9.00. The second-order valence-corrected chi connectivity index (χ2v) is 8.91. The van der Waals surface area contributed by atoms with Crippen LogP contribution in [0.25, 0.3) is 22.3 Å². The van der Waals surface area contributed by atoms with E-state index in [0.717, 1.165) is 18.9 Å². The molecule has 11 heteroatoms. The van der Waals surface area contributed by atoms with Gasteiger partial charge in [-0.3, -0.25) is 0 Å². The monoisotopic (exact) mass is 555 g/mol. The van der Waals surface area contributed by atoms with E-state index in [1.165, 1.54) is 38.6 Å². The molecule has 0 aliphatic carbocycles. The number of methoxy groups -OCH3 is 2. The standard InChI is InChI=1S/C16H18FN3O2.C12H10ClFN2O/c1-21-15-3-2-11(8-13(15)17)12-10-19-16(9-14(12)18)20-4-6-22-7-5-20;1-17-11-3-2-7(4-9(11)14)8-6-16-12(13)5-10(8)15/h2-3,8-10H,4-7H2,1H3,(H2,18,19);2-6H,1H3,(H2,15,16). The third-order valence-electron chi connectivity index (χ3n) is 6.08. The van der Waals surface area contributed by atoms with Gasteiger partial charge in [0.15, 0.2) is 23.1 Å². The molecule has 39 heavy (non-hydrogen) atoms. The van der Waals surface area contributed by atoms with Crippen molar-refractivity contribution in [2.75, 3.05) is 56.9 Å². The number of nitrogens with zero attached hydrogens (tertiary/aromatic N) is 3. The molecule has 0 radical (unpaired) electrons. The molecular formula is C28H28ClF2N5O3. The summed E-state index contributed by atoms with van der Waals surface area (Å²) in [5, 5.41) is 0.306. The Labute approximate surface area is 230 Å². The van der Waals surface area contributed by atoms with Gasteiger partial charge in [0.1, 0.15) is 11.0 Å². The molecule has 0 unspecified atom stereocenters. The van der Waals surface area contributed by atoms with Crippen molar-refractivity contribution in [1.29, 1.82) is 0 Å². The molecule has 1 fully saturated rings. The molecule has 1 saturated heterocycles. The lowest BCUT2D eigenvalue weighted by atomic mass is 10.1. The fraction of sp³-hybridized carbons (Fsp3) is 0.214. The number of ether oxygens (including phenoxy) is 3. The lowest BCUT2D eigenvalue weighted by Crippen LogP contribution is -2.36. The predicted molar refractivity (Wildman–Crippen MR) is 149 cm³/mol. The van der Waals surface area contributed by atoms with Crippen molar-refractivity contribution in [3.05, 3.63) is 77.7 Å². The number of hydrogen-bond acceptors (Lipinski definition) is 8. The number of pyridine rings is 2. The first-order valence-electron chi connectivity index (χ1n) is 12.0. The summed E-state index contributed by atoms with van der Waals surface area (Å²) in [5.41, 5.74) is 15.6. The Bertz CT molecular complexity index is 1450. The molecule has 4 N–H and O–H groups in total. The molecule has 1 aliphatic heterocycles. The first-order valence-corrected chi connectivity index (χ1v) is 12.4. The van der Waals surface area contributed by atoms with E-state index >= 15 is 0 Å². The van der Waals surface area contributed by atoms with Gasteiger partial charge < -0.3 is 30.6 Å². The van der Waals surface area contributed by atoms with Crippen LogP contribution in [0.5, 0.6) is 11.5 Å². The van der Waals surface area contributed by atoms with Crippen molar-refractivity contribution in [3.8, 4) is 33.8 Å². The van der Waals surface area contributed by atoms with Crippen molar-refractivity contribution < 1.29 is 23.0 Å². The predicted octanol–water partition coefficient (Wildman–Crippen LogP) is 5.45. The van der Waals surface area contributed by atoms with Crippen molar-refractivity contribution in [2.45, 2.75) is 0 Å². The first-order chi connectivity index (χ1) is 18.8. The van der Waals surface area contributed by atoms with Crippen LogP contribution in [0.3, 0.4) is 0 Å². The number of aromatic nitrogens is 2. The smallest absolute Gasteiger partial charge is 0.165 e. The molecule has 8 nitrogen and oxygen atoms in total. The highest BCUT2D eigenvalue weighted by atomic mass is 35.5. The number of hydrogen-bond donors (Lipinski definition) is 2. The minimum absolute atomic E-state index is 0.189. The van der Waals surface area contributed by atoms with E-state index in [-0.39, 0.29) is 11.5 Å². The number of rotatable bonds is 5. The summed E-state index contributed by atoms with van der Waals surface area (Å²) in [7, 11) is 2.85. The van der Waals surface area contributed by atoms with E-state index in [0.29, 0.717) is 52.0 Å². The quantitative estimate of drug-likeness (QED) is 0.313. The van der Waals surface area contributed by atoms with Crippen LogP contribution in [0.15, 0.2) is 60.9 Å². The van der Waals surface area contributed by atoms with Gasteiger partial charge in [-0.2, -0.15) is 0 Å². The zero-order valence-corrected chi connectivity index (χ0v) is 22.2. The molecular weight excluding hydrogens is 528 g/mol. The second-order valence-electron chi connectivity index (χ2n) is 8.52. The molecule has 2 aromatic carbocycles. The van der Waals surface area contributed by atoms with Crippen LogP contribution in [-0.2, 0) is 4.74 Å². The van der Waals surface area contributed by atoms with E-state index in [4.69, 9.17) is 37.3 Å².